The van der Waals surface area contributed by atoms with Crippen LogP contribution in [-0.4, -0.2) is 15.0 Å². The van der Waals surface area contributed by atoms with Crippen molar-refractivity contribution in [2.24, 2.45) is 0 Å². The number of nitrogens with zero attached hydrogens (tertiary/aromatic N) is 2. The van der Waals surface area contributed by atoms with E-state index in [0.717, 1.165) is 22.1 Å². The van der Waals surface area contributed by atoms with Crippen molar-refractivity contribution in [3.05, 3.63) is 98.8 Å². The van der Waals surface area contributed by atoms with Crippen LogP contribution in [-0.2, 0) is 17.9 Å². The Morgan fingerprint density at radius 1 is 1.00 bits per heavy atom. The van der Waals surface area contributed by atoms with Crippen LogP contribution in [0, 0.1) is 0 Å². The zero-order valence-corrected chi connectivity index (χ0v) is 16.7. The first-order chi connectivity index (χ1) is 14.0. The lowest BCUT2D eigenvalue weighted by Crippen LogP contribution is -2.41. The first-order valence-corrected chi connectivity index (χ1v) is 9.72. The van der Waals surface area contributed by atoms with Crippen LogP contribution < -0.4 is 16.6 Å². The van der Waals surface area contributed by atoms with E-state index in [0.29, 0.717) is 12.2 Å². The summed E-state index contributed by atoms with van der Waals surface area (Å²) in [5.41, 5.74) is 1.67. The third-order valence-electron chi connectivity index (χ3n) is 5.02. The van der Waals surface area contributed by atoms with Gasteiger partial charge in [0.05, 0.1) is 6.54 Å². The van der Waals surface area contributed by atoms with E-state index in [-0.39, 0.29) is 12.5 Å². The van der Waals surface area contributed by atoms with Gasteiger partial charge in [0.1, 0.15) is 6.54 Å². The Hall–Kier alpha value is -3.41. The van der Waals surface area contributed by atoms with E-state index in [2.05, 4.69) is 19.2 Å². The number of para-hydroxylation sites is 1. The van der Waals surface area contributed by atoms with Crippen LogP contribution in [0.2, 0.25) is 0 Å². The number of hydrogen-bond acceptors (Lipinski definition) is 3. The van der Waals surface area contributed by atoms with Crippen LogP contribution >= 0.6 is 0 Å². The smallest absolute Gasteiger partial charge is 0.324 e. The molecule has 1 amide bonds. The van der Waals surface area contributed by atoms with Gasteiger partial charge in [-0.25, -0.2) is 4.79 Å². The standard InChI is InChI=1S/C23H25N3O3/c1-3-17(2)19-11-7-8-12-20(19)24-21(27)16-26-22(28)13-14-25(23(26)29)15-18-9-5-4-6-10-18/h4-14,17H,3,15-16H2,1-2H3,(H,24,27). The van der Waals surface area contributed by atoms with Gasteiger partial charge in [-0.1, -0.05) is 62.4 Å². The van der Waals surface area contributed by atoms with E-state index in [1.165, 1.54) is 16.8 Å². The first kappa shape index (κ1) is 20.3. The molecular weight excluding hydrogens is 366 g/mol. The van der Waals surface area contributed by atoms with Crippen molar-refractivity contribution in [1.29, 1.82) is 0 Å². The number of hydrogen-bond donors (Lipinski definition) is 1. The zero-order chi connectivity index (χ0) is 20.8. The third-order valence-corrected chi connectivity index (χ3v) is 5.02. The molecule has 0 aliphatic carbocycles. The molecule has 1 heterocycles. The highest BCUT2D eigenvalue weighted by Crippen LogP contribution is 2.26. The first-order valence-electron chi connectivity index (χ1n) is 9.72. The average molecular weight is 391 g/mol. The normalized spacial score (nSPS) is 11.8. The third kappa shape index (κ3) is 4.90. The quantitative estimate of drug-likeness (QED) is 0.672. The molecule has 2 aromatic carbocycles. The minimum Gasteiger partial charge on any atom is -0.324 e. The van der Waals surface area contributed by atoms with Gasteiger partial charge in [0, 0.05) is 18.0 Å². The SMILES string of the molecule is CCC(C)c1ccccc1NC(=O)Cn1c(=O)ccn(Cc2ccccc2)c1=O. The van der Waals surface area contributed by atoms with E-state index >= 15 is 0 Å². The van der Waals surface area contributed by atoms with Gasteiger partial charge in [-0.05, 0) is 29.5 Å². The molecule has 6 heteroatoms. The maximum atomic E-state index is 12.7. The average Bonchev–Trinajstić information content (AvgIpc) is 2.74. The van der Waals surface area contributed by atoms with E-state index < -0.39 is 17.2 Å². The summed E-state index contributed by atoms with van der Waals surface area (Å²) in [6.45, 7) is 4.18. The fourth-order valence-corrected chi connectivity index (χ4v) is 3.20. The number of benzene rings is 2. The van der Waals surface area contributed by atoms with Crippen LogP contribution in [0.4, 0.5) is 5.69 Å². The Bertz CT molecular complexity index is 1100. The van der Waals surface area contributed by atoms with Gasteiger partial charge < -0.3 is 5.32 Å². The molecule has 1 atom stereocenters. The van der Waals surface area contributed by atoms with Gasteiger partial charge in [-0.2, -0.15) is 0 Å². The molecular formula is C23H25N3O3. The summed E-state index contributed by atoms with van der Waals surface area (Å²) in [4.78, 5) is 37.6. The fourth-order valence-electron chi connectivity index (χ4n) is 3.20. The van der Waals surface area contributed by atoms with Gasteiger partial charge in [-0.3, -0.25) is 18.7 Å². The van der Waals surface area contributed by atoms with Crippen LogP contribution in [0.15, 0.2) is 76.4 Å². The highest BCUT2D eigenvalue weighted by atomic mass is 16.2. The molecule has 0 fully saturated rings. The van der Waals surface area contributed by atoms with Crippen molar-refractivity contribution in [3.63, 3.8) is 0 Å². The summed E-state index contributed by atoms with van der Waals surface area (Å²) in [7, 11) is 0. The van der Waals surface area contributed by atoms with E-state index in [9.17, 15) is 14.4 Å². The number of carbonyl (C=O) groups excluding carboxylic acids is 1. The van der Waals surface area contributed by atoms with Crippen molar-refractivity contribution < 1.29 is 4.79 Å². The van der Waals surface area contributed by atoms with Crippen molar-refractivity contribution in [2.75, 3.05) is 5.32 Å². The molecule has 0 aliphatic rings. The Balaban J connectivity index is 1.82. The van der Waals surface area contributed by atoms with Gasteiger partial charge in [0.25, 0.3) is 5.56 Å². The van der Waals surface area contributed by atoms with Crippen molar-refractivity contribution in [3.8, 4) is 0 Å². The summed E-state index contributed by atoms with van der Waals surface area (Å²) in [6.07, 6.45) is 2.40. The zero-order valence-electron chi connectivity index (χ0n) is 16.7. The van der Waals surface area contributed by atoms with E-state index in [1.807, 2.05) is 54.6 Å². The summed E-state index contributed by atoms with van der Waals surface area (Å²) >= 11 is 0. The minimum absolute atomic E-state index is 0.286. The number of rotatable bonds is 7. The van der Waals surface area contributed by atoms with Crippen molar-refractivity contribution in [1.82, 2.24) is 9.13 Å². The Morgan fingerprint density at radius 3 is 2.41 bits per heavy atom. The summed E-state index contributed by atoms with van der Waals surface area (Å²) in [6, 6.07) is 18.4. The number of nitrogens with one attached hydrogen (secondary N) is 1. The second kappa shape index (κ2) is 9.19. The minimum atomic E-state index is -0.508. The monoisotopic (exact) mass is 391 g/mol. The number of amides is 1. The predicted molar refractivity (Wildman–Crippen MR) is 114 cm³/mol. The maximum Gasteiger partial charge on any atom is 0.331 e. The van der Waals surface area contributed by atoms with Crippen LogP contribution in [0.1, 0.15) is 37.3 Å². The molecule has 0 radical (unpaired) electrons. The van der Waals surface area contributed by atoms with Crippen LogP contribution in [0.3, 0.4) is 0 Å². The number of aromatic nitrogens is 2. The number of carbonyl (C=O) groups is 1. The fraction of sp³-hybridized carbons (Fsp3) is 0.261. The molecule has 150 valence electrons. The predicted octanol–water partition coefficient (Wildman–Crippen LogP) is 3.21. The van der Waals surface area contributed by atoms with Crippen LogP contribution in [0.5, 0.6) is 0 Å². The van der Waals surface area contributed by atoms with Gasteiger partial charge in [0.2, 0.25) is 5.91 Å². The summed E-state index contributed by atoms with van der Waals surface area (Å²) in [5.74, 6) is -0.119. The van der Waals surface area contributed by atoms with Gasteiger partial charge >= 0.3 is 5.69 Å². The molecule has 0 aliphatic heterocycles. The molecule has 1 aromatic heterocycles. The lowest BCUT2D eigenvalue weighted by molar-refractivity contribution is -0.116. The molecule has 29 heavy (non-hydrogen) atoms. The summed E-state index contributed by atoms with van der Waals surface area (Å²) < 4.78 is 2.39. The van der Waals surface area contributed by atoms with Crippen molar-refractivity contribution >= 4 is 11.6 Å². The highest BCUT2D eigenvalue weighted by molar-refractivity contribution is 5.91. The van der Waals surface area contributed by atoms with E-state index in [1.54, 1.807) is 0 Å². The Labute approximate surface area is 169 Å². The van der Waals surface area contributed by atoms with Gasteiger partial charge in [-0.15, -0.1) is 0 Å². The molecule has 0 bridgehead atoms. The second-order valence-electron chi connectivity index (χ2n) is 7.08. The maximum absolute atomic E-state index is 12.7. The molecule has 6 nitrogen and oxygen atoms in total. The molecule has 1 N–H and O–H groups in total. The Morgan fingerprint density at radius 2 is 1.69 bits per heavy atom. The molecule has 3 aromatic rings. The molecule has 0 saturated heterocycles. The second-order valence-corrected chi connectivity index (χ2v) is 7.08. The van der Waals surface area contributed by atoms with Gasteiger partial charge in [0.15, 0.2) is 0 Å². The van der Waals surface area contributed by atoms with Crippen LogP contribution in [0.25, 0.3) is 0 Å². The van der Waals surface area contributed by atoms with Crippen molar-refractivity contribution in [2.45, 2.75) is 39.3 Å². The molecule has 0 spiro atoms. The lowest BCUT2D eigenvalue weighted by atomic mass is 9.97. The number of anilines is 1. The largest absolute Gasteiger partial charge is 0.331 e. The molecule has 0 saturated carbocycles. The molecule has 1 unspecified atom stereocenters. The topological polar surface area (TPSA) is 73.1 Å². The highest BCUT2D eigenvalue weighted by Gasteiger charge is 2.14. The Kier molecular flexibility index (Phi) is 6.44. The summed E-state index contributed by atoms with van der Waals surface area (Å²) in [5, 5.41) is 2.85. The van der Waals surface area contributed by atoms with E-state index in [4.69, 9.17) is 0 Å². The molecule has 3 rings (SSSR count). The lowest BCUT2D eigenvalue weighted by Gasteiger charge is -2.16.